The number of hydrogen-bond acceptors (Lipinski definition) is 5. The first-order valence-electron chi connectivity index (χ1n) is 5.55. The maximum absolute atomic E-state index is 11.6. The van der Waals surface area contributed by atoms with Gasteiger partial charge in [0.2, 0.25) is 5.91 Å². The Morgan fingerprint density at radius 3 is 2.88 bits per heavy atom. The van der Waals surface area contributed by atoms with E-state index in [2.05, 4.69) is 15.6 Å². The molecule has 0 aromatic carbocycles. The molecule has 0 aliphatic heterocycles. The van der Waals surface area contributed by atoms with E-state index < -0.39 is 0 Å². The van der Waals surface area contributed by atoms with Crippen molar-refractivity contribution in [2.75, 3.05) is 20.6 Å². The Bertz CT molecular complexity index is 361. The lowest BCUT2D eigenvalue weighted by Gasteiger charge is -2.19. The third-order valence-corrected chi connectivity index (χ3v) is 2.58. The van der Waals surface area contributed by atoms with E-state index in [-0.39, 0.29) is 12.5 Å². The molecule has 0 aliphatic rings. The van der Waals surface area contributed by atoms with Gasteiger partial charge in [-0.2, -0.15) is 0 Å². The number of nitrogens with two attached hydrogens (primary N) is 1. The van der Waals surface area contributed by atoms with E-state index in [1.165, 1.54) is 4.68 Å². The second-order valence-corrected chi connectivity index (χ2v) is 4.23. The van der Waals surface area contributed by atoms with Gasteiger partial charge in [-0.05, 0) is 21.0 Å². The Kier molecular flexibility index (Phi) is 5.05. The first-order valence-corrected chi connectivity index (χ1v) is 5.55. The fourth-order valence-corrected chi connectivity index (χ4v) is 1.16. The van der Waals surface area contributed by atoms with Gasteiger partial charge in [0.05, 0.1) is 11.9 Å². The first-order chi connectivity index (χ1) is 8.02. The molecule has 0 bridgehead atoms. The predicted octanol–water partition coefficient (Wildman–Crippen LogP) is -1.20. The number of carbonyl (C=O) groups is 1. The van der Waals surface area contributed by atoms with Crippen LogP contribution in [0.1, 0.15) is 12.6 Å². The highest BCUT2D eigenvalue weighted by Gasteiger charge is 2.08. The monoisotopic (exact) mass is 240 g/mol. The van der Waals surface area contributed by atoms with Crippen molar-refractivity contribution in [3.05, 3.63) is 11.9 Å². The normalized spacial score (nSPS) is 12.8. The number of nitrogens with zero attached hydrogens (tertiary/aromatic N) is 4. The van der Waals surface area contributed by atoms with E-state index in [4.69, 9.17) is 5.73 Å². The molecule has 7 nitrogen and oxygen atoms in total. The van der Waals surface area contributed by atoms with Crippen LogP contribution in [0.5, 0.6) is 0 Å². The number of aromatic nitrogens is 3. The second kappa shape index (κ2) is 6.31. The van der Waals surface area contributed by atoms with Crippen molar-refractivity contribution in [1.29, 1.82) is 0 Å². The van der Waals surface area contributed by atoms with Crippen LogP contribution in [-0.4, -0.2) is 52.5 Å². The van der Waals surface area contributed by atoms with Crippen LogP contribution in [0.25, 0.3) is 0 Å². The third kappa shape index (κ3) is 4.49. The molecule has 1 unspecified atom stereocenters. The zero-order valence-electron chi connectivity index (χ0n) is 10.6. The van der Waals surface area contributed by atoms with Crippen molar-refractivity contribution in [2.24, 2.45) is 5.73 Å². The van der Waals surface area contributed by atoms with Gasteiger partial charge in [0, 0.05) is 19.1 Å². The molecule has 1 aromatic heterocycles. The molecule has 0 fully saturated rings. The fraction of sp³-hybridized carbons (Fsp3) is 0.700. The molecule has 0 radical (unpaired) electrons. The van der Waals surface area contributed by atoms with Gasteiger partial charge >= 0.3 is 0 Å². The fourth-order valence-electron chi connectivity index (χ4n) is 1.16. The van der Waals surface area contributed by atoms with E-state index in [1.807, 2.05) is 25.9 Å². The van der Waals surface area contributed by atoms with E-state index in [0.717, 1.165) is 0 Å². The van der Waals surface area contributed by atoms with Crippen molar-refractivity contribution in [1.82, 2.24) is 25.2 Å². The van der Waals surface area contributed by atoms with Crippen molar-refractivity contribution in [2.45, 2.75) is 26.1 Å². The summed E-state index contributed by atoms with van der Waals surface area (Å²) in [6.07, 6.45) is 1.68. The first kappa shape index (κ1) is 13.6. The minimum Gasteiger partial charge on any atom is -0.353 e. The highest BCUT2D eigenvalue weighted by Crippen LogP contribution is 1.92. The molecule has 1 amide bonds. The molecule has 17 heavy (non-hydrogen) atoms. The van der Waals surface area contributed by atoms with Crippen molar-refractivity contribution >= 4 is 5.91 Å². The van der Waals surface area contributed by atoms with Gasteiger partial charge in [-0.1, -0.05) is 5.21 Å². The van der Waals surface area contributed by atoms with Gasteiger partial charge in [-0.25, -0.2) is 4.68 Å². The van der Waals surface area contributed by atoms with Gasteiger partial charge < -0.3 is 16.0 Å². The quantitative estimate of drug-likeness (QED) is 0.652. The van der Waals surface area contributed by atoms with Gasteiger partial charge in [0.15, 0.2) is 0 Å². The third-order valence-electron chi connectivity index (χ3n) is 2.58. The molecule has 1 rings (SSSR count). The molecule has 0 saturated heterocycles. The summed E-state index contributed by atoms with van der Waals surface area (Å²) in [5, 5.41) is 10.5. The van der Waals surface area contributed by atoms with Crippen molar-refractivity contribution in [3.63, 3.8) is 0 Å². The van der Waals surface area contributed by atoms with Crippen molar-refractivity contribution in [3.8, 4) is 0 Å². The van der Waals surface area contributed by atoms with Gasteiger partial charge in [-0.15, -0.1) is 5.10 Å². The minimum absolute atomic E-state index is 0.0767. The Hall–Kier alpha value is -1.47. The number of rotatable bonds is 6. The molecule has 0 saturated carbocycles. The Morgan fingerprint density at radius 1 is 1.65 bits per heavy atom. The average molecular weight is 240 g/mol. The number of amides is 1. The Balaban J connectivity index is 2.34. The van der Waals surface area contributed by atoms with Crippen LogP contribution in [0, 0.1) is 0 Å². The SMILES string of the molecule is CC(CNC(=O)Cn1cc(CN)nn1)N(C)C. The topological polar surface area (TPSA) is 89.1 Å². The number of likely N-dealkylation sites (N-methyl/N-ethyl adjacent to an activating group) is 1. The highest BCUT2D eigenvalue weighted by atomic mass is 16.2. The van der Waals surface area contributed by atoms with E-state index in [9.17, 15) is 4.79 Å². The maximum atomic E-state index is 11.6. The maximum Gasteiger partial charge on any atom is 0.241 e. The van der Waals surface area contributed by atoms with E-state index in [0.29, 0.717) is 24.8 Å². The number of hydrogen-bond donors (Lipinski definition) is 2. The van der Waals surface area contributed by atoms with Crippen LogP contribution in [0.15, 0.2) is 6.20 Å². The molecule has 0 aliphatic carbocycles. The summed E-state index contributed by atoms with van der Waals surface area (Å²) in [5.41, 5.74) is 6.08. The second-order valence-electron chi connectivity index (χ2n) is 4.23. The lowest BCUT2D eigenvalue weighted by molar-refractivity contribution is -0.122. The van der Waals surface area contributed by atoms with Gasteiger partial charge in [-0.3, -0.25) is 4.79 Å². The summed E-state index contributed by atoms with van der Waals surface area (Å²) in [4.78, 5) is 13.6. The minimum atomic E-state index is -0.0767. The largest absolute Gasteiger partial charge is 0.353 e. The number of nitrogens with one attached hydrogen (secondary N) is 1. The summed E-state index contributed by atoms with van der Waals surface area (Å²) in [7, 11) is 3.95. The molecular formula is C10H20N6O. The molecule has 7 heteroatoms. The van der Waals surface area contributed by atoms with Crippen molar-refractivity contribution < 1.29 is 4.79 Å². The van der Waals surface area contributed by atoms with Crippen LogP contribution in [0.2, 0.25) is 0 Å². The van der Waals surface area contributed by atoms with Gasteiger partial charge in [0.25, 0.3) is 0 Å². The molecule has 3 N–H and O–H groups in total. The summed E-state index contributed by atoms with van der Waals surface area (Å²) in [6.45, 7) is 3.17. The molecular weight excluding hydrogens is 220 g/mol. The summed E-state index contributed by atoms with van der Waals surface area (Å²) < 4.78 is 1.48. The van der Waals surface area contributed by atoms with Crippen LogP contribution in [0.4, 0.5) is 0 Å². The highest BCUT2D eigenvalue weighted by molar-refractivity contribution is 5.75. The molecule has 1 atom stereocenters. The molecule has 1 aromatic rings. The summed E-state index contributed by atoms with van der Waals surface area (Å²) >= 11 is 0. The van der Waals surface area contributed by atoms with Gasteiger partial charge in [0.1, 0.15) is 6.54 Å². The lowest BCUT2D eigenvalue weighted by Crippen LogP contribution is -2.39. The van der Waals surface area contributed by atoms with Crippen LogP contribution in [-0.2, 0) is 17.9 Å². The zero-order valence-corrected chi connectivity index (χ0v) is 10.6. The Morgan fingerprint density at radius 2 is 2.35 bits per heavy atom. The van der Waals surface area contributed by atoms with E-state index >= 15 is 0 Å². The summed E-state index contributed by atoms with van der Waals surface area (Å²) in [5.74, 6) is -0.0767. The average Bonchev–Trinajstić information content (AvgIpc) is 2.73. The molecule has 0 spiro atoms. The molecule has 96 valence electrons. The van der Waals surface area contributed by atoms with E-state index in [1.54, 1.807) is 6.20 Å². The molecule has 1 heterocycles. The predicted molar refractivity (Wildman–Crippen MR) is 64.1 cm³/mol. The smallest absolute Gasteiger partial charge is 0.241 e. The van der Waals surface area contributed by atoms with Crippen LogP contribution >= 0.6 is 0 Å². The summed E-state index contributed by atoms with van der Waals surface area (Å²) in [6, 6.07) is 0.300. The zero-order chi connectivity index (χ0) is 12.8. The number of carbonyl (C=O) groups excluding carboxylic acids is 1. The van der Waals surface area contributed by atoms with Crippen LogP contribution < -0.4 is 11.1 Å². The van der Waals surface area contributed by atoms with Crippen LogP contribution in [0.3, 0.4) is 0 Å². The lowest BCUT2D eigenvalue weighted by atomic mass is 10.3. The Labute approximate surface area is 101 Å². The standard InChI is InChI=1S/C10H20N6O/c1-8(15(2)3)5-12-10(17)7-16-6-9(4-11)13-14-16/h6,8H,4-5,7,11H2,1-3H3,(H,12,17).